The van der Waals surface area contributed by atoms with Gasteiger partial charge in [0, 0.05) is 31.6 Å². The van der Waals surface area contributed by atoms with E-state index in [1.165, 1.54) is 6.92 Å². The molecule has 6 heteroatoms. The number of amides is 2. The molecule has 2 aromatic rings. The van der Waals surface area contributed by atoms with Crippen LogP contribution in [0.25, 0.3) is 11.3 Å². The molecule has 1 heterocycles. The van der Waals surface area contributed by atoms with Gasteiger partial charge in [-0.25, -0.2) is 0 Å². The van der Waals surface area contributed by atoms with Gasteiger partial charge in [0.25, 0.3) is 0 Å². The Kier molecular flexibility index (Phi) is 5.71. The quantitative estimate of drug-likeness (QED) is 0.760. The maximum absolute atomic E-state index is 11.8. The van der Waals surface area contributed by atoms with Crippen molar-refractivity contribution in [2.24, 2.45) is 0 Å². The Hall–Kier alpha value is -2.63. The highest BCUT2D eigenvalue weighted by Gasteiger charge is 2.10. The predicted octanol–water partition coefficient (Wildman–Crippen LogP) is 1.53. The number of nitrogens with zero attached hydrogens (tertiary/aromatic N) is 1. The SMILES string of the molecule is CC(=O)NCCCNC(=O)Cc1cc(-c2ccccc2)on1. The van der Waals surface area contributed by atoms with Crippen LogP contribution in [0.15, 0.2) is 40.9 Å². The second-order valence-electron chi connectivity index (χ2n) is 4.91. The Bertz CT molecular complexity index is 623. The van der Waals surface area contributed by atoms with Crippen LogP contribution in [0.3, 0.4) is 0 Å². The first-order valence-electron chi connectivity index (χ1n) is 7.17. The van der Waals surface area contributed by atoms with E-state index in [-0.39, 0.29) is 18.2 Å². The van der Waals surface area contributed by atoms with Crippen molar-refractivity contribution in [3.8, 4) is 11.3 Å². The Morgan fingerprint density at radius 3 is 2.59 bits per heavy atom. The summed E-state index contributed by atoms with van der Waals surface area (Å²) < 4.78 is 5.24. The van der Waals surface area contributed by atoms with Crippen LogP contribution in [0.1, 0.15) is 19.0 Å². The first-order chi connectivity index (χ1) is 10.6. The average Bonchev–Trinajstić information content (AvgIpc) is 2.96. The predicted molar refractivity (Wildman–Crippen MR) is 82.0 cm³/mol. The largest absolute Gasteiger partial charge is 0.356 e. The second-order valence-corrected chi connectivity index (χ2v) is 4.91. The summed E-state index contributed by atoms with van der Waals surface area (Å²) in [5, 5.41) is 9.36. The van der Waals surface area contributed by atoms with Crippen LogP contribution in [-0.2, 0) is 16.0 Å². The van der Waals surface area contributed by atoms with Crippen molar-refractivity contribution in [2.75, 3.05) is 13.1 Å². The molecule has 2 amide bonds. The van der Waals surface area contributed by atoms with Crippen molar-refractivity contribution in [3.05, 3.63) is 42.1 Å². The van der Waals surface area contributed by atoms with Gasteiger partial charge in [-0.2, -0.15) is 0 Å². The van der Waals surface area contributed by atoms with Crippen molar-refractivity contribution in [1.82, 2.24) is 15.8 Å². The molecule has 116 valence electrons. The maximum atomic E-state index is 11.8. The number of benzene rings is 1. The van der Waals surface area contributed by atoms with Crippen molar-refractivity contribution in [1.29, 1.82) is 0 Å². The van der Waals surface area contributed by atoms with Crippen LogP contribution in [0.5, 0.6) is 0 Å². The number of aromatic nitrogens is 1. The molecule has 0 saturated heterocycles. The van der Waals surface area contributed by atoms with Crippen LogP contribution < -0.4 is 10.6 Å². The van der Waals surface area contributed by atoms with Crippen LogP contribution in [0, 0.1) is 0 Å². The van der Waals surface area contributed by atoms with Crippen molar-refractivity contribution in [2.45, 2.75) is 19.8 Å². The highest BCUT2D eigenvalue weighted by molar-refractivity contribution is 5.78. The molecule has 1 aromatic heterocycles. The minimum atomic E-state index is -0.115. The minimum absolute atomic E-state index is 0.0673. The first-order valence-corrected chi connectivity index (χ1v) is 7.17. The number of hydrogen-bond acceptors (Lipinski definition) is 4. The third-order valence-electron chi connectivity index (χ3n) is 3.01. The van der Waals surface area contributed by atoms with Crippen LogP contribution in [-0.4, -0.2) is 30.1 Å². The third kappa shape index (κ3) is 5.05. The van der Waals surface area contributed by atoms with Gasteiger partial charge in [-0.05, 0) is 6.42 Å². The zero-order valence-electron chi connectivity index (χ0n) is 12.5. The molecular weight excluding hydrogens is 282 g/mol. The molecule has 0 atom stereocenters. The topological polar surface area (TPSA) is 84.2 Å². The molecule has 0 saturated carbocycles. The standard InChI is InChI=1S/C16H19N3O3/c1-12(20)17-8-5-9-18-16(21)11-14-10-15(22-19-14)13-6-3-2-4-7-13/h2-4,6-7,10H,5,8-9,11H2,1H3,(H,17,20)(H,18,21). The molecule has 2 rings (SSSR count). The zero-order valence-corrected chi connectivity index (χ0v) is 12.5. The average molecular weight is 301 g/mol. The lowest BCUT2D eigenvalue weighted by molar-refractivity contribution is -0.120. The van der Waals surface area contributed by atoms with E-state index in [2.05, 4.69) is 15.8 Å². The fourth-order valence-corrected chi connectivity index (χ4v) is 1.94. The Balaban J connectivity index is 1.76. The number of nitrogens with one attached hydrogen (secondary N) is 2. The van der Waals surface area contributed by atoms with E-state index in [9.17, 15) is 9.59 Å². The Morgan fingerprint density at radius 2 is 1.86 bits per heavy atom. The molecule has 22 heavy (non-hydrogen) atoms. The minimum Gasteiger partial charge on any atom is -0.356 e. The van der Waals surface area contributed by atoms with Crippen LogP contribution in [0.2, 0.25) is 0 Å². The zero-order chi connectivity index (χ0) is 15.8. The summed E-state index contributed by atoms with van der Waals surface area (Å²) in [5.74, 6) is 0.465. The molecule has 0 bridgehead atoms. The monoisotopic (exact) mass is 301 g/mol. The van der Waals surface area contributed by atoms with Gasteiger partial charge in [0.05, 0.1) is 12.1 Å². The normalized spacial score (nSPS) is 10.2. The molecule has 0 radical (unpaired) electrons. The molecular formula is C16H19N3O3. The molecule has 0 aliphatic rings. The Morgan fingerprint density at radius 1 is 1.14 bits per heavy atom. The van der Waals surface area contributed by atoms with Crippen molar-refractivity contribution < 1.29 is 14.1 Å². The first kappa shape index (κ1) is 15.8. The third-order valence-corrected chi connectivity index (χ3v) is 3.01. The summed E-state index contributed by atoms with van der Waals surface area (Å²) in [5.41, 5.74) is 1.52. The molecule has 0 unspecified atom stereocenters. The number of carbonyl (C=O) groups is 2. The van der Waals surface area contributed by atoms with E-state index in [4.69, 9.17) is 4.52 Å². The van der Waals surface area contributed by atoms with Gasteiger partial charge < -0.3 is 15.2 Å². The lowest BCUT2D eigenvalue weighted by atomic mass is 10.1. The summed E-state index contributed by atoms with van der Waals surface area (Å²) in [6, 6.07) is 11.4. The Labute approximate surface area is 128 Å². The highest BCUT2D eigenvalue weighted by Crippen LogP contribution is 2.19. The van der Waals surface area contributed by atoms with E-state index < -0.39 is 0 Å². The fraction of sp³-hybridized carbons (Fsp3) is 0.312. The lowest BCUT2D eigenvalue weighted by Gasteiger charge is -2.04. The summed E-state index contributed by atoms with van der Waals surface area (Å²) >= 11 is 0. The second kappa shape index (κ2) is 7.97. The molecule has 0 spiro atoms. The van der Waals surface area contributed by atoms with Gasteiger partial charge in [0.1, 0.15) is 0 Å². The smallest absolute Gasteiger partial charge is 0.226 e. The van der Waals surface area contributed by atoms with Gasteiger partial charge >= 0.3 is 0 Å². The molecule has 6 nitrogen and oxygen atoms in total. The summed E-state index contributed by atoms with van der Waals surface area (Å²) in [7, 11) is 0. The molecule has 1 aromatic carbocycles. The van der Waals surface area contributed by atoms with Crippen molar-refractivity contribution in [3.63, 3.8) is 0 Å². The molecule has 0 aliphatic carbocycles. The van der Waals surface area contributed by atoms with Gasteiger partial charge in [-0.15, -0.1) is 0 Å². The number of rotatable bonds is 7. The van der Waals surface area contributed by atoms with Gasteiger partial charge in [-0.3, -0.25) is 9.59 Å². The lowest BCUT2D eigenvalue weighted by Crippen LogP contribution is -2.29. The van der Waals surface area contributed by atoms with Gasteiger partial charge in [0.15, 0.2) is 5.76 Å². The van der Waals surface area contributed by atoms with E-state index in [1.54, 1.807) is 6.07 Å². The summed E-state index contributed by atoms with van der Waals surface area (Å²) in [6.07, 6.45) is 0.871. The molecule has 2 N–H and O–H groups in total. The summed E-state index contributed by atoms with van der Waals surface area (Å²) in [4.78, 5) is 22.5. The molecule has 0 aliphatic heterocycles. The van der Waals surface area contributed by atoms with E-state index in [0.717, 1.165) is 5.56 Å². The van der Waals surface area contributed by atoms with E-state index >= 15 is 0 Å². The van der Waals surface area contributed by atoms with Gasteiger partial charge in [-0.1, -0.05) is 35.5 Å². The van der Waals surface area contributed by atoms with E-state index in [1.807, 2.05) is 30.3 Å². The van der Waals surface area contributed by atoms with Crippen LogP contribution >= 0.6 is 0 Å². The van der Waals surface area contributed by atoms with Crippen LogP contribution in [0.4, 0.5) is 0 Å². The maximum Gasteiger partial charge on any atom is 0.226 e. The number of hydrogen-bond donors (Lipinski definition) is 2. The summed E-state index contributed by atoms with van der Waals surface area (Å²) in [6.45, 7) is 2.54. The van der Waals surface area contributed by atoms with Gasteiger partial charge in [0.2, 0.25) is 11.8 Å². The van der Waals surface area contributed by atoms with Crippen molar-refractivity contribution >= 4 is 11.8 Å². The number of carbonyl (C=O) groups excluding carboxylic acids is 2. The fourth-order valence-electron chi connectivity index (χ4n) is 1.94. The van der Waals surface area contributed by atoms with E-state index in [0.29, 0.717) is 31.0 Å². The molecule has 0 fully saturated rings. The highest BCUT2D eigenvalue weighted by atomic mass is 16.5.